The van der Waals surface area contributed by atoms with E-state index in [0.29, 0.717) is 31.3 Å². The van der Waals surface area contributed by atoms with Crippen LogP contribution in [0.1, 0.15) is 38.4 Å². The monoisotopic (exact) mass is 538 g/mol. The molecular formula is C20H32ClIN4O3. The van der Waals surface area contributed by atoms with Crippen molar-refractivity contribution in [1.82, 2.24) is 15.5 Å². The zero-order valence-corrected chi connectivity index (χ0v) is 20.4. The van der Waals surface area contributed by atoms with E-state index in [2.05, 4.69) is 15.6 Å². The molecule has 1 unspecified atom stereocenters. The Morgan fingerprint density at radius 3 is 2.66 bits per heavy atom. The number of aliphatic imine (C=N–C) groups is 1. The molecule has 0 radical (unpaired) electrons. The zero-order chi connectivity index (χ0) is 20.4. The number of methoxy groups -OCH3 is 1. The SMILES string of the molecule is CCNC(=NCC(OC)c1cccc(Cl)c1)NC1CCN(C(=O)OCC)CC1.I. The lowest BCUT2D eigenvalue weighted by Gasteiger charge is -2.32. The standard InChI is InChI=1S/C20H31ClN4O3.HI/c1-4-22-19(23-14-18(27-3)15-7-6-8-16(21)13-15)24-17-9-11-25(12-10-17)20(26)28-5-2;/h6-8,13,17-18H,4-5,9-12,14H2,1-3H3,(H2,22,23,24);1H. The van der Waals surface area contributed by atoms with Gasteiger partial charge in [0.1, 0.15) is 6.10 Å². The summed E-state index contributed by atoms with van der Waals surface area (Å²) in [6.07, 6.45) is 1.31. The average Bonchev–Trinajstić information content (AvgIpc) is 2.69. The second-order valence-electron chi connectivity index (χ2n) is 6.60. The lowest BCUT2D eigenvalue weighted by atomic mass is 10.1. The van der Waals surface area contributed by atoms with Crippen molar-refractivity contribution in [2.45, 2.75) is 38.8 Å². The zero-order valence-electron chi connectivity index (χ0n) is 17.3. The molecule has 1 heterocycles. The maximum atomic E-state index is 11.8. The summed E-state index contributed by atoms with van der Waals surface area (Å²) in [4.78, 5) is 18.3. The number of benzene rings is 1. The minimum atomic E-state index is -0.231. The van der Waals surface area contributed by atoms with E-state index in [0.717, 1.165) is 30.9 Å². The Kier molecular flexibility index (Phi) is 12.3. The molecule has 2 rings (SSSR count). The Hall–Kier alpha value is -1.26. The first kappa shape index (κ1) is 25.8. The number of carbonyl (C=O) groups excluding carboxylic acids is 1. The van der Waals surface area contributed by atoms with Crippen molar-refractivity contribution in [3.8, 4) is 0 Å². The molecular weight excluding hydrogens is 507 g/mol. The molecule has 1 aliphatic rings. The predicted molar refractivity (Wildman–Crippen MR) is 127 cm³/mol. The van der Waals surface area contributed by atoms with Gasteiger partial charge in [0.05, 0.1) is 13.2 Å². The van der Waals surface area contributed by atoms with Crippen LogP contribution in [0, 0.1) is 0 Å². The van der Waals surface area contributed by atoms with E-state index < -0.39 is 0 Å². The Balaban J connectivity index is 0.00000420. The van der Waals surface area contributed by atoms with Crippen molar-refractivity contribution in [2.75, 3.05) is 39.9 Å². The number of piperidine rings is 1. The molecule has 0 spiro atoms. The molecule has 1 aromatic rings. The van der Waals surface area contributed by atoms with Gasteiger partial charge in [-0.15, -0.1) is 24.0 Å². The van der Waals surface area contributed by atoms with Crippen LogP contribution in [0.15, 0.2) is 29.3 Å². The maximum absolute atomic E-state index is 11.8. The molecule has 1 amide bonds. The summed E-state index contributed by atoms with van der Waals surface area (Å²) in [7, 11) is 1.67. The maximum Gasteiger partial charge on any atom is 0.409 e. The molecule has 7 nitrogen and oxygen atoms in total. The highest BCUT2D eigenvalue weighted by molar-refractivity contribution is 14.0. The van der Waals surface area contributed by atoms with Gasteiger partial charge < -0.3 is 25.0 Å². The quantitative estimate of drug-likeness (QED) is 0.314. The molecule has 0 bridgehead atoms. The van der Waals surface area contributed by atoms with Gasteiger partial charge in [-0.05, 0) is 44.4 Å². The van der Waals surface area contributed by atoms with Gasteiger partial charge in [0.15, 0.2) is 5.96 Å². The van der Waals surface area contributed by atoms with Crippen LogP contribution in [0.25, 0.3) is 0 Å². The highest BCUT2D eigenvalue weighted by Crippen LogP contribution is 2.20. The molecule has 1 aliphatic heterocycles. The van der Waals surface area contributed by atoms with E-state index in [1.165, 1.54) is 0 Å². The highest BCUT2D eigenvalue weighted by atomic mass is 127. The summed E-state index contributed by atoms with van der Waals surface area (Å²) in [5.41, 5.74) is 0.998. The number of hydrogen-bond acceptors (Lipinski definition) is 4. The smallest absolute Gasteiger partial charge is 0.409 e. The molecule has 2 N–H and O–H groups in total. The van der Waals surface area contributed by atoms with Gasteiger partial charge >= 0.3 is 6.09 Å². The molecule has 164 valence electrons. The normalized spacial score (nSPS) is 16.0. The Morgan fingerprint density at radius 2 is 2.07 bits per heavy atom. The van der Waals surface area contributed by atoms with Crippen LogP contribution in [0.3, 0.4) is 0 Å². The third-order valence-electron chi connectivity index (χ3n) is 4.63. The van der Waals surface area contributed by atoms with Crippen LogP contribution < -0.4 is 10.6 Å². The molecule has 0 aromatic heterocycles. The Labute approximate surface area is 195 Å². The highest BCUT2D eigenvalue weighted by Gasteiger charge is 2.24. The second kappa shape index (κ2) is 13.9. The number of hydrogen-bond donors (Lipinski definition) is 2. The fourth-order valence-electron chi connectivity index (χ4n) is 3.13. The molecule has 1 aromatic carbocycles. The largest absolute Gasteiger partial charge is 0.450 e. The number of guanidine groups is 1. The molecule has 29 heavy (non-hydrogen) atoms. The minimum Gasteiger partial charge on any atom is -0.450 e. The van der Waals surface area contributed by atoms with E-state index in [4.69, 9.17) is 21.1 Å². The van der Waals surface area contributed by atoms with Crippen molar-refractivity contribution >= 4 is 47.6 Å². The van der Waals surface area contributed by atoms with Crippen molar-refractivity contribution in [2.24, 2.45) is 4.99 Å². The van der Waals surface area contributed by atoms with Crippen LogP contribution in [-0.2, 0) is 9.47 Å². The van der Waals surface area contributed by atoms with Gasteiger partial charge in [-0.25, -0.2) is 4.79 Å². The van der Waals surface area contributed by atoms with Gasteiger partial charge in [0.25, 0.3) is 0 Å². The first-order valence-electron chi connectivity index (χ1n) is 9.82. The number of ether oxygens (including phenoxy) is 2. The molecule has 1 fully saturated rings. The van der Waals surface area contributed by atoms with Crippen LogP contribution in [0.4, 0.5) is 4.79 Å². The van der Waals surface area contributed by atoms with Gasteiger partial charge in [0, 0.05) is 37.8 Å². The van der Waals surface area contributed by atoms with Crippen molar-refractivity contribution < 1.29 is 14.3 Å². The Bertz CT molecular complexity index is 654. The lowest BCUT2D eigenvalue weighted by molar-refractivity contribution is 0.0962. The fourth-order valence-corrected chi connectivity index (χ4v) is 3.33. The number of amides is 1. The van der Waals surface area contributed by atoms with Crippen LogP contribution in [0.5, 0.6) is 0 Å². The van der Waals surface area contributed by atoms with E-state index in [-0.39, 0.29) is 42.2 Å². The summed E-state index contributed by atoms with van der Waals surface area (Å²) in [5.74, 6) is 0.751. The number of rotatable bonds is 7. The summed E-state index contributed by atoms with van der Waals surface area (Å²) in [6, 6.07) is 7.90. The second-order valence-corrected chi connectivity index (χ2v) is 7.04. The molecule has 1 saturated heterocycles. The van der Waals surface area contributed by atoms with Gasteiger partial charge in [-0.2, -0.15) is 0 Å². The Morgan fingerprint density at radius 1 is 1.34 bits per heavy atom. The van der Waals surface area contributed by atoms with Crippen molar-refractivity contribution in [3.63, 3.8) is 0 Å². The summed E-state index contributed by atoms with van der Waals surface area (Å²) in [5, 5.41) is 7.43. The van der Waals surface area contributed by atoms with Gasteiger partial charge in [-0.1, -0.05) is 23.7 Å². The third kappa shape index (κ3) is 8.55. The van der Waals surface area contributed by atoms with Crippen molar-refractivity contribution in [3.05, 3.63) is 34.9 Å². The third-order valence-corrected chi connectivity index (χ3v) is 4.86. The summed E-state index contributed by atoms with van der Waals surface area (Å²) < 4.78 is 10.7. The lowest BCUT2D eigenvalue weighted by Crippen LogP contribution is -2.50. The van der Waals surface area contributed by atoms with Crippen LogP contribution >= 0.6 is 35.6 Å². The number of likely N-dealkylation sites (tertiary alicyclic amines) is 1. The fraction of sp³-hybridized carbons (Fsp3) is 0.600. The summed E-state index contributed by atoms with van der Waals surface area (Å²) >= 11 is 6.09. The molecule has 0 saturated carbocycles. The average molecular weight is 539 g/mol. The van der Waals surface area contributed by atoms with E-state index in [1.54, 1.807) is 12.0 Å². The first-order chi connectivity index (χ1) is 13.6. The van der Waals surface area contributed by atoms with Crippen LogP contribution in [0.2, 0.25) is 5.02 Å². The van der Waals surface area contributed by atoms with Crippen molar-refractivity contribution in [1.29, 1.82) is 0 Å². The number of nitrogens with one attached hydrogen (secondary N) is 2. The van der Waals surface area contributed by atoms with E-state index in [1.807, 2.05) is 38.1 Å². The number of halogens is 2. The first-order valence-corrected chi connectivity index (χ1v) is 10.2. The topological polar surface area (TPSA) is 75.2 Å². The predicted octanol–water partition coefficient (Wildman–Crippen LogP) is 3.82. The number of nitrogens with zero attached hydrogens (tertiary/aromatic N) is 2. The molecule has 9 heteroatoms. The van der Waals surface area contributed by atoms with Crippen LogP contribution in [-0.4, -0.2) is 62.9 Å². The number of carbonyl (C=O) groups is 1. The van der Waals surface area contributed by atoms with E-state index >= 15 is 0 Å². The minimum absolute atomic E-state index is 0. The van der Waals surface area contributed by atoms with Gasteiger partial charge in [-0.3, -0.25) is 4.99 Å². The molecule has 1 atom stereocenters. The molecule has 0 aliphatic carbocycles. The summed E-state index contributed by atoms with van der Waals surface area (Å²) in [6.45, 7) is 6.86. The van der Waals surface area contributed by atoms with Gasteiger partial charge in [0.2, 0.25) is 0 Å². The van der Waals surface area contributed by atoms with E-state index in [9.17, 15) is 4.79 Å².